The van der Waals surface area contributed by atoms with E-state index in [1.54, 1.807) is 32.9 Å². The fourth-order valence-electron chi connectivity index (χ4n) is 2.04. The van der Waals surface area contributed by atoms with Crippen LogP contribution in [0.5, 0.6) is 0 Å². The Labute approximate surface area is 134 Å². The molecule has 2 rings (SSSR count). The van der Waals surface area contributed by atoms with Crippen molar-refractivity contribution in [2.45, 2.75) is 32.5 Å². The van der Waals surface area contributed by atoms with Crippen molar-refractivity contribution in [3.05, 3.63) is 18.3 Å². The number of morpholine rings is 1. The van der Waals surface area contributed by atoms with Crippen LogP contribution in [-0.4, -0.2) is 53.3 Å². The molecule has 0 radical (unpaired) electrons. The van der Waals surface area contributed by atoms with Crippen LogP contribution in [0.15, 0.2) is 18.3 Å². The zero-order valence-corrected chi connectivity index (χ0v) is 13.5. The number of ether oxygens (including phenoxy) is 2. The van der Waals surface area contributed by atoms with Crippen LogP contribution < -0.4 is 11.1 Å². The Bertz CT molecular complexity index is 585. The molecule has 1 aromatic heterocycles. The van der Waals surface area contributed by atoms with Gasteiger partial charge in [0.25, 0.3) is 5.91 Å². The maximum absolute atomic E-state index is 12.3. The molecule has 0 aliphatic carbocycles. The molecule has 1 atom stereocenters. The van der Waals surface area contributed by atoms with Gasteiger partial charge in [0.1, 0.15) is 11.4 Å². The van der Waals surface area contributed by atoms with Gasteiger partial charge >= 0.3 is 6.09 Å². The third-order valence-corrected chi connectivity index (χ3v) is 3.11. The van der Waals surface area contributed by atoms with Crippen molar-refractivity contribution in [3.8, 4) is 0 Å². The molecule has 0 saturated carbocycles. The number of aromatic nitrogens is 1. The number of hydrogen-bond donors (Lipinski definition) is 2. The number of rotatable bonds is 2. The van der Waals surface area contributed by atoms with Gasteiger partial charge in [0.2, 0.25) is 0 Å². The summed E-state index contributed by atoms with van der Waals surface area (Å²) in [4.78, 5) is 29.7. The van der Waals surface area contributed by atoms with Crippen molar-refractivity contribution < 1.29 is 19.1 Å². The van der Waals surface area contributed by atoms with Crippen molar-refractivity contribution in [3.63, 3.8) is 0 Å². The molecule has 0 aromatic carbocycles. The van der Waals surface area contributed by atoms with Gasteiger partial charge in [-0.05, 0) is 32.9 Å². The molecule has 23 heavy (non-hydrogen) atoms. The molecule has 8 nitrogen and oxygen atoms in total. The van der Waals surface area contributed by atoms with Gasteiger partial charge in [-0.3, -0.25) is 4.79 Å². The van der Waals surface area contributed by atoms with E-state index >= 15 is 0 Å². The Morgan fingerprint density at radius 3 is 2.87 bits per heavy atom. The van der Waals surface area contributed by atoms with Crippen LogP contribution in [0.3, 0.4) is 0 Å². The van der Waals surface area contributed by atoms with Gasteiger partial charge < -0.3 is 25.4 Å². The minimum absolute atomic E-state index is 0.126. The van der Waals surface area contributed by atoms with E-state index in [-0.39, 0.29) is 24.9 Å². The van der Waals surface area contributed by atoms with Gasteiger partial charge in [0, 0.05) is 12.7 Å². The number of hydrogen-bond acceptors (Lipinski definition) is 6. The van der Waals surface area contributed by atoms with E-state index in [0.29, 0.717) is 12.2 Å². The Morgan fingerprint density at radius 2 is 2.22 bits per heavy atom. The summed E-state index contributed by atoms with van der Waals surface area (Å²) in [6, 6.07) is 3.31. The number of amides is 2. The molecule has 0 unspecified atom stereocenters. The fourth-order valence-corrected chi connectivity index (χ4v) is 2.04. The summed E-state index contributed by atoms with van der Waals surface area (Å²) in [7, 11) is 0. The van der Waals surface area contributed by atoms with E-state index in [2.05, 4.69) is 10.3 Å². The number of nitrogen functional groups attached to an aromatic ring is 1. The zero-order chi connectivity index (χ0) is 17.0. The van der Waals surface area contributed by atoms with Crippen LogP contribution in [0.1, 0.15) is 20.8 Å². The van der Waals surface area contributed by atoms with E-state index in [0.717, 1.165) is 0 Å². The van der Waals surface area contributed by atoms with Crippen LogP contribution in [0.25, 0.3) is 0 Å². The van der Waals surface area contributed by atoms with E-state index in [9.17, 15) is 9.59 Å². The number of carbonyl (C=O) groups is 2. The molecule has 1 aliphatic rings. The van der Waals surface area contributed by atoms with Crippen molar-refractivity contribution in [2.24, 2.45) is 0 Å². The maximum atomic E-state index is 12.3. The Hall–Kier alpha value is -2.35. The number of nitrogens with zero attached hydrogens (tertiary/aromatic N) is 2. The van der Waals surface area contributed by atoms with Crippen LogP contribution in [-0.2, 0) is 14.3 Å². The summed E-state index contributed by atoms with van der Waals surface area (Å²) >= 11 is 0. The van der Waals surface area contributed by atoms with Crippen molar-refractivity contribution in [1.29, 1.82) is 0 Å². The molecule has 126 valence electrons. The Kier molecular flexibility index (Phi) is 5.05. The second kappa shape index (κ2) is 6.82. The fraction of sp³-hybridized carbons (Fsp3) is 0.533. The van der Waals surface area contributed by atoms with Crippen LogP contribution >= 0.6 is 0 Å². The van der Waals surface area contributed by atoms with Crippen LogP contribution in [0.2, 0.25) is 0 Å². The van der Waals surface area contributed by atoms with E-state index in [4.69, 9.17) is 15.2 Å². The second-order valence-corrected chi connectivity index (χ2v) is 6.21. The average molecular weight is 322 g/mol. The van der Waals surface area contributed by atoms with Gasteiger partial charge in [-0.2, -0.15) is 0 Å². The van der Waals surface area contributed by atoms with E-state index < -0.39 is 17.8 Å². The number of anilines is 2. The molecule has 1 saturated heterocycles. The highest BCUT2D eigenvalue weighted by molar-refractivity contribution is 5.96. The average Bonchev–Trinajstić information content (AvgIpc) is 2.48. The first-order valence-corrected chi connectivity index (χ1v) is 7.37. The molecule has 1 aliphatic heterocycles. The van der Waals surface area contributed by atoms with Gasteiger partial charge in [-0.25, -0.2) is 9.78 Å². The third kappa shape index (κ3) is 4.82. The van der Waals surface area contributed by atoms with Crippen molar-refractivity contribution in [1.82, 2.24) is 9.88 Å². The van der Waals surface area contributed by atoms with Crippen LogP contribution in [0, 0.1) is 0 Å². The molecular weight excluding hydrogens is 300 g/mol. The molecule has 1 fully saturated rings. The predicted octanol–water partition coefficient (Wildman–Crippen LogP) is 1.24. The number of nitrogens with two attached hydrogens (primary N) is 1. The summed E-state index contributed by atoms with van der Waals surface area (Å²) < 4.78 is 10.8. The molecule has 2 amide bonds. The highest BCUT2D eigenvalue weighted by Crippen LogP contribution is 2.17. The maximum Gasteiger partial charge on any atom is 0.410 e. The van der Waals surface area contributed by atoms with Gasteiger partial charge in [0.05, 0.1) is 18.8 Å². The normalized spacial score (nSPS) is 18.4. The molecule has 2 heterocycles. The van der Waals surface area contributed by atoms with Crippen LogP contribution in [0.4, 0.5) is 16.3 Å². The summed E-state index contributed by atoms with van der Waals surface area (Å²) in [5.41, 5.74) is 5.52. The highest BCUT2D eigenvalue weighted by Gasteiger charge is 2.32. The molecule has 0 bridgehead atoms. The molecule has 8 heteroatoms. The zero-order valence-electron chi connectivity index (χ0n) is 13.5. The second-order valence-electron chi connectivity index (χ2n) is 6.21. The smallest absolute Gasteiger partial charge is 0.410 e. The highest BCUT2D eigenvalue weighted by atomic mass is 16.6. The first-order valence-electron chi connectivity index (χ1n) is 7.37. The monoisotopic (exact) mass is 322 g/mol. The lowest BCUT2D eigenvalue weighted by Gasteiger charge is -2.33. The third-order valence-electron chi connectivity index (χ3n) is 3.11. The topological polar surface area (TPSA) is 107 Å². The van der Waals surface area contributed by atoms with Crippen molar-refractivity contribution >= 4 is 23.5 Å². The molecule has 1 aromatic rings. The number of pyridine rings is 1. The molecule has 0 spiro atoms. The first kappa shape index (κ1) is 17.0. The largest absolute Gasteiger partial charge is 0.444 e. The van der Waals surface area contributed by atoms with E-state index in [1.165, 1.54) is 11.1 Å². The predicted molar refractivity (Wildman–Crippen MR) is 84.8 cm³/mol. The standard InChI is InChI=1S/C15H22N4O4/c1-15(2,3)23-14(21)19-7-8-22-11(9-19)13(20)18-10-5-4-6-17-12(10)16/h4-6,11H,7-9H2,1-3H3,(H2,16,17)(H,18,20)/t11-/m0/s1. The quantitative estimate of drug-likeness (QED) is 0.848. The first-order chi connectivity index (χ1) is 10.8. The number of nitrogens with one attached hydrogen (secondary N) is 1. The van der Waals surface area contributed by atoms with Gasteiger partial charge in [-0.15, -0.1) is 0 Å². The van der Waals surface area contributed by atoms with Gasteiger partial charge in [-0.1, -0.05) is 0 Å². The summed E-state index contributed by atoms with van der Waals surface area (Å²) in [5.74, 6) is -0.154. The lowest BCUT2D eigenvalue weighted by molar-refractivity contribution is -0.132. The Balaban J connectivity index is 1.96. The minimum atomic E-state index is -0.782. The van der Waals surface area contributed by atoms with E-state index in [1.807, 2.05) is 0 Å². The molecular formula is C15H22N4O4. The lowest BCUT2D eigenvalue weighted by Crippen LogP contribution is -2.51. The van der Waals surface area contributed by atoms with Gasteiger partial charge in [0.15, 0.2) is 6.10 Å². The number of carbonyl (C=O) groups excluding carboxylic acids is 2. The SMILES string of the molecule is CC(C)(C)OC(=O)N1CCO[C@H](C(=O)Nc2cccnc2N)C1. The van der Waals surface area contributed by atoms with Crippen molar-refractivity contribution in [2.75, 3.05) is 30.7 Å². The summed E-state index contributed by atoms with van der Waals surface area (Å²) in [5, 5.41) is 2.66. The summed E-state index contributed by atoms with van der Waals surface area (Å²) in [6.07, 6.45) is 0.294. The molecule has 3 N–H and O–H groups in total. The minimum Gasteiger partial charge on any atom is -0.444 e. The Morgan fingerprint density at radius 1 is 1.48 bits per heavy atom. The lowest BCUT2D eigenvalue weighted by atomic mass is 10.2. The summed E-state index contributed by atoms with van der Waals surface area (Å²) in [6.45, 7) is 6.15.